The van der Waals surface area contributed by atoms with Crippen molar-refractivity contribution in [2.24, 2.45) is 5.92 Å². The average Bonchev–Trinajstić information content (AvgIpc) is 2.54. The minimum Gasteiger partial charge on any atom is -0.343 e. The van der Waals surface area contributed by atoms with Crippen molar-refractivity contribution in [1.29, 1.82) is 0 Å². The maximum absolute atomic E-state index is 12.5. The van der Waals surface area contributed by atoms with Gasteiger partial charge in [0.15, 0.2) is 0 Å². The summed E-state index contributed by atoms with van der Waals surface area (Å²) in [6.45, 7) is 10.3. The number of sulfonamides is 1. The summed E-state index contributed by atoms with van der Waals surface area (Å²) in [6.07, 6.45) is 3.45. The third kappa shape index (κ3) is 5.47. The molecule has 26 heavy (non-hydrogen) atoms. The van der Waals surface area contributed by atoms with Gasteiger partial charge in [-0.1, -0.05) is 39.8 Å². The summed E-state index contributed by atoms with van der Waals surface area (Å²) in [6, 6.07) is 7.58. The molecular formula is C20H32N2O3S. The van der Waals surface area contributed by atoms with E-state index in [0.717, 1.165) is 31.5 Å². The van der Waals surface area contributed by atoms with Crippen LogP contribution in [0.5, 0.6) is 0 Å². The van der Waals surface area contributed by atoms with Crippen LogP contribution in [0.4, 0.5) is 5.69 Å². The molecule has 0 atom stereocenters. The van der Waals surface area contributed by atoms with Crippen LogP contribution in [0.15, 0.2) is 24.3 Å². The van der Waals surface area contributed by atoms with E-state index in [1.807, 2.05) is 29.2 Å². The Morgan fingerprint density at radius 3 is 2.15 bits per heavy atom. The van der Waals surface area contributed by atoms with Crippen LogP contribution < -0.4 is 4.31 Å². The van der Waals surface area contributed by atoms with Crippen LogP contribution >= 0.6 is 0 Å². The summed E-state index contributed by atoms with van der Waals surface area (Å²) in [7, 11) is -3.44. The van der Waals surface area contributed by atoms with Gasteiger partial charge in [-0.2, -0.15) is 0 Å². The van der Waals surface area contributed by atoms with Gasteiger partial charge >= 0.3 is 0 Å². The number of hydrogen-bond donors (Lipinski definition) is 0. The maximum Gasteiger partial charge on any atom is 0.232 e. The zero-order chi connectivity index (χ0) is 19.5. The molecule has 146 valence electrons. The smallest absolute Gasteiger partial charge is 0.232 e. The Balaban J connectivity index is 2.07. The Kier molecular flexibility index (Phi) is 6.37. The van der Waals surface area contributed by atoms with Crippen LogP contribution in [0.3, 0.4) is 0 Å². The molecule has 0 aromatic heterocycles. The average molecular weight is 381 g/mol. The number of nitrogens with zero attached hydrogens (tertiary/aromatic N) is 2. The summed E-state index contributed by atoms with van der Waals surface area (Å²) in [5.74, 6) is 0.699. The lowest BCUT2D eigenvalue weighted by molar-refractivity contribution is -0.132. The van der Waals surface area contributed by atoms with E-state index in [0.29, 0.717) is 11.6 Å². The molecule has 0 radical (unpaired) electrons. The number of piperidine rings is 1. The van der Waals surface area contributed by atoms with Crippen molar-refractivity contribution in [1.82, 2.24) is 4.90 Å². The topological polar surface area (TPSA) is 57.7 Å². The molecule has 0 aliphatic carbocycles. The van der Waals surface area contributed by atoms with Crippen LogP contribution in [0.1, 0.15) is 52.5 Å². The van der Waals surface area contributed by atoms with Gasteiger partial charge in [0.05, 0.1) is 11.9 Å². The quantitative estimate of drug-likeness (QED) is 0.787. The Morgan fingerprint density at radius 2 is 1.69 bits per heavy atom. The van der Waals surface area contributed by atoms with Crippen LogP contribution in [0.2, 0.25) is 0 Å². The fourth-order valence-electron chi connectivity index (χ4n) is 3.23. The summed E-state index contributed by atoms with van der Waals surface area (Å²) < 4.78 is 25.8. The highest BCUT2D eigenvalue weighted by Crippen LogP contribution is 2.26. The lowest BCUT2D eigenvalue weighted by Crippen LogP contribution is -2.40. The second-order valence-corrected chi connectivity index (χ2v) is 10.4. The zero-order valence-corrected chi connectivity index (χ0v) is 17.5. The van der Waals surface area contributed by atoms with Crippen molar-refractivity contribution in [2.75, 3.05) is 30.2 Å². The number of amides is 1. The van der Waals surface area contributed by atoms with E-state index >= 15 is 0 Å². The normalized spacial score (nSPS) is 16.6. The van der Waals surface area contributed by atoms with Gasteiger partial charge in [-0.25, -0.2) is 8.42 Å². The van der Waals surface area contributed by atoms with Gasteiger partial charge in [-0.15, -0.1) is 0 Å². The van der Waals surface area contributed by atoms with E-state index in [9.17, 15) is 13.2 Å². The molecule has 0 unspecified atom stereocenters. The van der Waals surface area contributed by atoms with E-state index in [-0.39, 0.29) is 24.3 Å². The maximum atomic E-state index is 12.5. The summed E-state index contributed by atoms with van der Waals surface area (Å²) in [4.78, 5) is 14.3. The first-order chi connectivity index (χ1) is 12.0. The molecule has 0 N–H and O–H groups in total. The molecule has 1 aliphatic heterocycles. The zero-order valence-electron chi connectivity index (χ0n) is 16.7. The monoisotopic (exact) mass is 380 g/mol. The van der Waals surface area contributed by atoms with Crippen molar-refractivity contribution >= 4 is 21.6 Å². The number of likely N-dealkylation sites (tertiary alicyclic amines) is 1. The molecule has 1 amide bonds. The van der Waals surface area contributed by atoms with Crippen molar-refractivity contribution in [2.45, 2.75) is 52.4 Å². The Bertz CT molecular complexity index is 712. The highest BCUT2D eigenvalue weighted by Gasteiger charge is 2.24. The predicted octanol–water partition coefficient (Wildman–Crippen LogP) is 3.40. The Labute approximate surface area is 158 Å². The van der Waals surface area contributed by atoms with Crippen LogP contribution in [-0.2, 0) is 20.2 Å². The number of rotatable bonds is 5. The van der Waals surface area contributed by atoms with Gasteiger partial charge in [0.25, 0.3) is 0 Å². The summed E-state index contributed by atoms with van der Waals surface area (Å²) in [5.41, 5.74) is 1.77. The third-order valence-electron chi connectivity index (χ3n) is 5.09. The fraction of sp³-hybridized carbons (Fsp3) is 0.650. The molecule has 5 nitrogen and oxygen atoms in total. The lowest BCUT2D eigenvalue weighted by Gasteiger charge is -2.31. The number of carbonyl (C=O) groups excluding carboxylic acids is 1. The largest absolute Gasteiger partial charge is 0.343 e. The molecule has 1 fully saturated rings. The van der Waals surface area contributed by atoms with E-state index in [1.165, 1.54) is 10.6 Å². The van der Waals surface area contributed by atoms with Crippen molar-refractivity contribution < 1.29 is 13.2 Å². The van der Waals surface area contributed by atoms with E-state index in [4.69, 9.17) is 0 Å². The molecule has 1 aromatic rings. The molecule has 1 heterocycles. The molecule has 0 saturated carbocycles. The van der Waals surface area contributed by atoms with Crippen molar-refractivity contribution in [3.63, 3.8) is 0 Å². The second-order valence-electron chi connectivity index (χ2n) is 8.45. The minimum atomic E-state index is -3.44. The molecule has 1 saturated heterocycles. The second kappa shape index (κ2) is 7.99. The van der Waals surface area contributed by atoms with Crippen molar-refractivity contribution in [3.8, 4) is 0 Å². The van der Waals surface area contributed by atoms with Gasteiger partial charge in [-0.3, -0.25) is 9.10 Å². The first-order valence-electron chi connectivity index (χ1n) is 9.34. The van der Waals surface area contributed by atoms with E-state index < -0.39 is 10.0 Å². The lowest BCUT2D eigenvalue weighted by atomic mass is 9.87. The number of benzene rings is 1. The molecule has 6 heteroatoms. The number of anilines is 1. The van der Waals surface area contributed by atoms with Crippen LogP contribution in [-0.4, -0.2) is 45.1 Å². The Morgan fingerprint density at radius 1 is 1.15 bits per heavy atom. The minimum absolute atomic E-state index is 0.00974. The molecule has 0 spiro atoms. The Hall–Kier alpha value is -1.56. The van der Waals surface area contributed by atoms with Crippen molar-refractivity contribution in [3.05, 3.63) is 29.8 Å². The van der Waals surface area contributed by atoms with Gasteiger partial charge < -0.3 is 4.90 Å². The molecule has 2 rings (SSSR count). The predicted molar refractivity (Wildman–Crippen MR) is 107 cm³/mol. The number of carbonyl (C=O) groups is 1. The van der Waals surface area contributed by atoms with E-state index in [2.05, 4.69) is 27.7 Å². The van der Waals surface area contributed by atoms with E-state index in [1.54, 1.807) is 0 Å². The number of hydrogen-bond acceptors (Lipinski definition) is 3. The SMILES string of the molecule is CC1CCN(C(=O)CCN(c2ccc(C(C)(C)C)cc2)S(C)(=O)=O)CC1. The van der Waals surface area contributed by atoms with Gasteiger partial charge in [0, 0.05) is 26.1 Å². The molecule has 1 aliphatic rings. The summed E-state index contributed by atoms with van der Waals surface area (Å²) in [5, 5.41) is 0. The highest BCUT2D eigenvalue weighted by atomic mass is 32.2. The standard InChI is InChI=1S/C20H32N2O3S/c1-16-10-13-21(14-11-16)19(23)12-15-22(26(5,24)25)18-8-6-17(7-9-18)20(2,3)4/h6-9,16H,10-15H2,1-5H3. The third-order valence-corrected chi connectivity index (χ3v) is 6.28. The van der Waals surface area contributed by atoms with Gasteiger partial charge in [0.2, 0.25) is 15.9 Å². The molecule has 1 aromatic carbocycles. The fourth-order valence-corrected chi connectivity index (χ4v) is 4.15. The molecular weight excluding hydrogens is 348 g/mol. The van der Waals surface area contributed by atoms with Gasteiger partial charge in [0.1, 0.15) is 0 Å². The highest BCUT2D eigenvalue weighted by molar-refractivity contribution is 7.92. The first-order valence-corrected chi connectivity index (χ1v) is 11.2. The van der Waals surface area contributed by atoms with Crippen LogP contribution in [0.25, 0.3) is 0 Å². The summed E-state index contributed by atoms with van der Waals surface area (Å²) >= 11 is 0. The van der Waals surface area contributed by atoms with Crippen LogP contribution in [0, 0.1) is 5.92 Å². The van der Waals surface area contributed by atoms with Gasteiger partial charge in [-0.05, 0) is 41.9 Å². The molecule has 0 bridgehead atoms. The first kappa shape index (κ1) is 20.7.